The molecule has 2 aromatic rings. The molecule has 0 N–H and O–H groups in total. The third-order valence-electron chi connectivity index (χ3n) is 6.22. The van der Waals surface area contributed by atoms with Gasteiger partial charge in [0.1, 0.15) is 17.1 Å². The van der Waals surface area contributed by atoms with Crippen molar-refractivity contribution in [3.05, 3.63) is 52.9 Å². The summed E-state index contributed by atoms with van der Waals surface area (Å²) in [6, 6.07) is 3.76. The molecule has 1 amide bonds. The smallest absolute Gasteiger partial charge is 0.272 e. The molecule has 1 saturated heterocycles. The van der Waals surface area contributed by atoms with E-state index in [1.54, 1.807) is 11.1 Å². The number of pyridine rings is 1. The molecule has 2 fully saturated rings. The second kappa shape index (κ2) is 6.37. The van der Waals surface area contributed by atoms with Crippen molar-refractivity contribution in [1.82, 2.24) is 19.9 Å². The van der Waals surface area contributed by atoms with Crippen LogP contribution in [0.25, 0.3) is 0 Å². The zero-order valence-electron chi connectivity index (χ0n) is 15.6. The molecule has 0 radical (unpaired) electrons. The molecule has 0 unspecified atom stereocenters. The third kappa shape index (κ3) is 2.74. The lowest BCUT2D eigenvalue weighted by Crippen LogP contribution is -2.61. The van der Waals surface area contributed by atoms with Crippen molar-refractivity contribution in [2.75, 3.05) is 13.1 Å². The Morgan fingerprint density at radius 1 is 1.22 bits per heavy atom. The lowest BCUT2D eigenvalue weighted by molar-refractivity contribution is -0.126. The summed E-state index contributed by atoms with van der Waals surface area (Å²) in [7, 11) is 0. The van der Waals surface area contributed by atoms with E-state index < -0.39 is 5.60 Å². The molecule has 2 aromatic heterocycles. The highest BCUT2D eigenvalue weighted by Crippen LogP contribution is 2.43. The second-order valence-corrected chi connectivity index (χ2v) is 8.04. The number of amides is 1. The number of nitrogens with zero attached hydrogens (tertiary/aromatic N) is 4. The van der Waals surface area contributed by atoms with Crippen LogP contribution in [0.4, 0.5) is 0 Å². The summed E-state index contributed by atoms with van der Waals surface area (Å²) in [6.45, 7) is 3.52. The molecule has 1 aliphatic carbocycles. The van der Waals surface area contributed by atoms with E-state index in [-0.39, 0.29) is 5.91 Å². The highest BCUT2D eigenvalue weighted by molar-refractivity contribution is 5.94. The lowest BCUT2D eigenvalue weighted by atomic mass is 9.86. The maximum atomic E-state index is 12.7. The Labute approximate surface area is 159 Å². The Balaban J connectivity index is 1.33. The Kier molecular flexibility index (Phi) is 3.97. The lowest BCUT2D eigenvalue weighted by Gasteiger charge is -2.47. The van der Waals surface area contributed by atoms with E-state index in [1.165, 1.54) is 32.1 Å². The summed E-state index contributed by atoms with van der Waals surface area (Å²) in [5, 5.41) is 0. The number of ether oxygens (including phenoxy) is 1. The van der Waals surface area contributed by atoms with Crippen LogP contribution < -0.4 is 0 Å². The van der Waals surface area contributed by atoms with Crippen LogP contribution in [0.3, 0.4) is 0 Å². The maximum absolute atomic E-state index is 12.7. The standard InChI is InChI=1S/C21H24N4O2/c1-14-6-5-9-22-18(14)20(26)25-12-21(13-25)16-10-23-19(24-17(16)11-27-21)15-7-3-2-4-8-15/h5-6,9-10,15H,2-4,7-8,11-13H2,1H3. The number of aryl methyl sites for hydroxylation is 1. The molecule has 2 aliphatic heterocycles. The van der Waals surface area contributed by atoms with E-state index >= 15 is 0 Å². The highest BCUT2D eigenvalue weighted by atomic mass is 16.5. The van der Waals surface area contributed by atoms with Crippen LogP contribution in [-0.4, -0.2) is 38.8 Å². The summed E-state index contributed by atoms with van der Waals surface area (Å²) >= 11 is 0. The van der Waals surface area contributed by atoms with Gasteiger partial charge in [0.15, 0.2) is 0 Å². The summed E-state index contributed by atoms with van der Waals surface area (Å²) in [6.07, 6.45) is 9.87. The van der Waals surface area contributed by atoms with E-state index in [1.807, 2.05) is 25.3 Å². The number of fused-ring (bicyclic) bond motifs is 2. The fourth-order valence-electron chi connectivity index (χ4n) is 4.60. The van der Waals surface area contributed by atoms with Crippen LogP contribution in [-0.2, 0) is 16.9 Å². The molecule has 1 saturated carbocycles. The van der Waals surface area contributed by atoms with Gasteiger partial charge in [-0.25, -0.2) is 9.97 Å². The summed E-state index contributed by atoms with van der Waals surface area (Å²) < 4.78 is 6.12. The molecular weight excluding hydrogens is 340 g/mol. The van der Waals surface area contributed by atoms with Crippen LogP contribution in [0.5, 0.6) is 0 Å². The topological polar surface area (TPSA) is 68.2 Å². The quantitative estimate of drug-likeness (QED) is 0.819. The van der Waals surface area contributed by atoms with Gasteiger partial charge in [-0.05, 0) is 31.4 Å². The van der Waals surface area contributed by atoms with Crippen LogP contribution in [0, 0.1) is 6.92 Å². The number of rotatable bonds is 2. The number of hydrogen-bond donors (Lipinski definition) is 0. The van der Waals surface area contributed by atoms with Crippen LogP contribution in [0.1, 0.15) is 71.2 Å². The molecule has 3 aliphatic rings. The van der Waals surface area contributed by atoms with E-state index in [2.05, 4.69) is 9.97 Å². The minimum atomic E-state index is -0.432. The molecule has 0 atom stereocenters. The molecule has 5 rings (SSSR count). The average Bonchev–Trinajstić information content (AvgIpc) is 3.06. The largest absolute Gasteiger partial charge is 0.360 e. The van der Waals surface area contributed by atoms with Crippen molar-refractivity contribution in [2.45, 2.75) is 57.2 Å². The zero-order chi connectivity index (χ0) is 18.4. The van der Waals surface area contributed by atoms with Gasteiger partial charge in [0, 0.05) is 23.9 Å². The molecular formula is C21H24N4O2. The average molecular weight is 364 g/mol. The summed E-state index contributed by atoms with van der Waals surface area (Å²) in [5.41, 5.74) is 3.06. The Hall–Kier alpha value is -2.34. The van der Waals surface area contributed by atoms with Crippen molar-refractivity contribution >= 4 is 5.91 Å². The van der Waals surface area contributed by atoms with E-state index in [0.29, 0.717) is 31.3 Å². The number of carbonyl (C=O) groups is 1. The molecule has 6 heteroatoms. The molecule has 0 aromatic carbocycles. The molecule has 1 spiro atoms. The minimum Gasteiger partial charge on any atom is -0.360 e. The fraction of sp³-hybridized carbons (Fsp3) is 0.524. The second-order valence-electron chi connectivity index (χ2n) is 8.04. The number of carbonyl (C=O) groups excluding carboxylic acids is 1. The van der Waals surface area contributed by atoms with Crippen molar-refractivity contribution in [3.8, 4) is 0 Å². The fourth-order valence-corrected chi connectivity index (χ4v) is 4.60. The van der Waals surface area contributed by atoms with Gasteiger partial charge >= 0.3 is 0 Å². The SMILES string of the molecule is Cc1cccnc1C(=O)N1CC2(C1)OCc1nc(C3CCCCC3)ncc12. The van der Waals surface area contributed by atoms with E-state index in [4.69, 9.17) is 9.72 Å². The summed E-state index contributed by atoms with van der Waals surface area (Å²) in [5.74, 6) is 1.44. The number of likely N-dealkylation sites (tertiary alicyclic amines) is 1. The Morgan fingerprint density at radius 3 is 2.81 bits per heavy atom. The van der Waals surface area contributed by atoms with Gasteiger partial charge in [-0.3, -0.25) is 9.78 Å². The zero-order valence-corrected chi connectivity index (χ0v) is 15.6. The molecule has 4 heterocycles. The Morgan fingerprint density at radius 2 is 2.04 bits per heavy atom. The monoisotopic (exact) mass is 364 g/mol. The van der Waals surface area contributed by atoms with Crippen LogP contribution in [0.15, 0.2) is 24.5 Å². The first-order valence-electron chi connectivity index (χ1n) is 9.87. The predicted octanol–water partition coefficient (Wildman–Crippen LogP) is 3.11. The van der Waals surface area contributed by atoms with Gasteiger partial charge in [-0.15, -0.1) is 0 Å². The first-order valence-corrected chi connectivity index (χ1v) is 9.87. The van der Waals surface area contributed by atoms with Crippen molar-refractivity contribution in [3.63, 3.8) is 0 Å². The van der Waals surface area contributed by atoms with Gasteiger partial charge < -0.3 is 9.64 Å². The van der Waals surface area contributed by atoms with Crippen molar-refractivity contribution in [2.24, 2.45) is 0 Å². The normalized spacial score (nSPS) is 21.1. The number of aromatic nitrogens is 3. The first kappa shape index (κ1) is 16.8. The predicted molar refractivity (Wildman–Crippen MR) is 99.2 cm³/mol. The van der Waals surface area contributed by atoms with Gasteiger partial charge in [0.2, 0.25) is 0 Å². The summed E-state index contributed by atoms with van der Waals surface area (Å²) in [4.78, 5) is 28.3. The number of hydrogen-bond acceptors (Lipinski definition) is 5. The van der Waals surface area contributed by atoms with Gasteiger partial charge in [-0.1, -0.05) is 25.3 Å². The van der Waals surface area contributed by atoms with Gasteiger partial charge in [-0.2, -0.15) is 0 Å². The van der Waals surface area contributed by atoms with Crippen LogP contribution >= 0.6 is 0 Å². The highest BCUT2D eigenvalue weighted by Gasteiger charge is 2.53. The first-order chi connectivity index (χ1) is 13.2. The van der Waals surface area contributed by atoms with Crippen LogP contribution in [0.2, 0.25) is 0 Å². The molecule has 0 bridgehead atoms. The van der Waals surface area contributed by atoms with E-state index in [0.717, 1.165) is 22.6 Å². The molecule has 6 nitrogen and oxygen atoms in total. The van der Waals surface area contributed by atoms with Crippen molar-refractivity contribution in [1.29, 1.82) is 0 Å². The minimum absolute atomic E-state index is 0.0319. The van der Waals surface area contributed by atoms with Crippen molar-refractivity contribution < 1.29 is 9.53 Å². The third-order valence-corrected chi connectivity index (χ3v) is 6.22. The molecule has 27 heavy (non-hydrogen) atoms. The maximum Gasteiger partial charge on any atom is 0.272 e. The van der Waals surface area contributed by atoms with E-state index in [9.17, 15) is 4.79 Å². The van der Waals surface area contributed by atoms with Gasteiger partial charge in [0.05, 0.1) is 25.4 Å². The molecule has 140 valence electrons. The van der Waals surface area contributed by atoms with Gasteiger partial charge in [0.25, 0.3) is 5.91 Å². The Bertz CT molecular complexity index is 886.